The van der Waals surface area contributed by atoms with Gasteiger partial charge in [0.2, 0.25) is 11.8 Å². The number of ether oxygens (including phenoxy) is 2. The van der Waals surface area contributed by atoms with Gasteiger partial charge in [0.05, 0.1) is 24.7 Å². The van der Waals surface area contributed by atoms with Gasteiger partial charge < -0.3 is 24.4 Å². The second-order valence-electron chi connectivity index (χ2n) is 10.6. The van der Waals surface area contributed by atoms with Gasteiger partial charge in [0.1, 0.15) is 24.2 Å². The van der Waals surface area contributed by atoms with Gasteiger partial charge in [0, 0.05) is 12.1 Å². The van der Waals surface area contributed by atoms with E-state index >= 15 is 0 Å². The van der Waals surface area contributed by atoms with Gasteiger partial charge in [0.15, 0.2) is 0 Å². The molecular weight excluding hydrogens is 412 g/mol. The number of rotatable bonds is 4. The summed E-state index contributed by atoms with van der Waals surface area (Å²) in [6.45, 7) is 10.1. The van der Waals surface area contributed by atoms with E-state index in [4.69, 9.17) is 9.47 Å². The van der Waals surface area contributed by atoms with Gasteiger partial charge in [-0.1, -0.05) is 32.1 Å². The van der Waals surface area contributed by atoms with Crippen molar-refractivity contribution in [2.45, 2.75) is 70.4 Å². The van der Waals surface area contributed by atoms with Crippen molar-refractivity contribution >= 4 is 17.8 Å². The smallest absolute Gasteiger partial charge is 0.313 e. The zero-order chi connectivity index (χ0) is 23.4. The average molecular weight is 447 g/mol. The van der Waals surface area contributed by atoms with Crippen molar-refractivity contribution in [1.29, 1.82) is 0 Å². The van der Waals surface area contributed by atoms with Gasteiger partial charge in [-0.2, -0.15) is 0 Å². The van der Waals surface area contributed by atoms with Crippen LogP contribution in [0.1, 0.15) is 41.0 Å². The lowest BCUT2D eigenvalue weighted by Crippen LogP contribution is -2.60. The summed E-state index contributed by atoms with van der Waals surface area (Å²) in [7, 11) is 0. The lowest BCUT2D eigenvalue weighted by Gasteiger charge is -2.42. The molecule has 2 fully saturated rings. The van der Waals surface area contributed by atoms with E-state index in [1.807, 2.05) is 46.8 Å². The highest BCUT2D eigenvalue weighted by atomic mass is 16.6. The predicted molar refractivity (Wildman–Crippen MR) is 116 cm³/mol. The molecule has 32 heavy (non-hydrogen) atoms. The summed E-state index contributed by atoms with van der Waals surface area (Å²) in [5.41, 5.74) is -1.76. The molecule has 0 aromatic rings. The third-order valence-corrected chi connectivity index (χ3v) is 7.01. The number of carbonyl (C=O) groups is 3. The molecule has 4 rings (SSSR count). The molecule has 176 valence electrons. The first kappa shape index (κ1) is 23.0. The molecular formula is C24H34N2O6. The Kier molecular flexibility index (Phi) is 5.74. The predicted octanol–water partition coefficient (Wildman–Crippen LogP) is 1.28. The summed E-state index contributed by atoms with van der Waals surface area (Å²) >= 11 is 0. The Hall–Kier alpha value is -2.19. The van der Waals surface area contributed by atoms with E-state index in [0.29, 0.717) is 13.0 Å². The lowest BCUT2D eigenvalue weighted by molar-refractivity contribution is -0.156. The van der Waals surface area contributed by atoms with Crippen molar-refractivity contribution in [3.63, 3.8) is 0 Å². The van der Waals surface area contributed by atoms with Crippen LogP contribution in [0.25, 0.3) is 0 Å². The van der Waals surface area contributed by atoms with Crippen LogP contribution in [0.2, 0.25) is 0 Å². The third-order valence-electron chi connectivity index (χ3n) is 7.01. The molecule has 0 aliphatic carbocycles. The Morgan fingerprint density at radius 1 is 1.19 bits per heavy atom. The molecule has 0 radical (unpaired) electrons. The van der Waals surface area contributed by atoms with E-state index in [-0.39, 0.29) is 30.9 Å². The van der Waals surface area contributed by atoms with Crippen LogP contribution in [-0.2, 0) is 23.9 Å². The highest BCUT2D eigenvalue weighted by molar-refractivity contribution is 5.99. The van der Waals surface area contributed by atoms with E-state index in [1.165, 1.54) is 4.90 Å². The fraction of sp³-hybridized carbons (Fsp3) is 0.708. The summed E-state index contributed by atoms with van der Waals surface area (Å²) in [6, 6.07) is -1.51. The molecule has 4 aliphatic rings. The Morgan fingerprint density at radius 3 is 2.53 bits per heavy atom. The van der Waals surface area contributed by atoms with Gasteiger partial charge in [0.25, 0.3) is 0 Å². The third kappa shape index (κ3) is 3.39. The zero-order valence-electron chi connectivity index (χ0n) is 19.5. The van der Waals surface area contributed by atoms with Crippen LogP contribution in [0, 0.1) is 17.8 Å². The molecule has 4 heterocycles. The van der Waals surface area contributed by atoms with Crippen molar-refractivity contribution in [2.24, 2.45) is 17.8 Å². The van der Waals surface area contributed by atoms with Crippen molar-refractivity contribution in [1.82, 2.24) is 9.80 Å². The number of nitrogens with zero attached hydrogens (tertiary/aromatic N) is 2. The largest absolute Gasteiger partial charge is 0.461 e. The zero-order valence-corrected chi connectivity index (χ0v) is 19.5. The van der Waals surface area contributed by atoms with Crippen LogP contribution in [0.4, 0.5) is 0 Å². The Bertz CT molecular complexity index is 859. The maximum absolute atomic E-state index is 14.0. The van der Waals surface area contributed by atoms with Crippen molar-refractivity contribution < 1.29 is 29.0 Å². The minimum Gasteiger partial charge on any atom is -0.461 e. The number of cyclic esters (lactones) is 1. The molecule has 0 aromatic carbocycles. The molecule has 0 aromatic heterocycles. The molecule has 6 atom stereocenters. The van der Waals surface area contributed by atoms with Gasteiger partial charge in [-0.25, -0.2) is 0 Å². The standard InChI is InChI=1S/C24H34N2O6/c1-14(2)12-15(13-27)26-19-21(29)25(23(3,4)5)10-7-9-24(19)18(20(26)28)17-16(32-24)8-6-11-31-22(17)30/h6-9,14-19,27H,10-13H2,1-5H3/t15-,16-,17+,18+,19?,24+/m1/s1. The SMILES string of the molecule is CC(C)C[C@H](CO)N1C(=O)[C@@H]2[C@H]3C(=O)OCC=C[C@H]3O[C@@]23C=CCN(C(C)(C)C)C(=O)C13. The number of aliphatic hydroxyl groups excluding tert-OH is 1. The number of hydrogen-bond donors (Lipinski definition) is 1. The topological polar surface area (TPSA) is 96.4 Å². The molecule has 4 aliphatic heterocycles. The van der Waals surface area contributed by atoms with E-state index < -0.39 is 47.1 Å². The Balaban J connectivity index is 1.87. The molecule has 2 amide bonds. The number of likely N-dealkylation sites (tertiary alicyclic amines) is 1. The van der Waals surface area contributed by atoms with Crippen LogP contribution in [0.15, 0.2) is 24.3 Å². The van der Waals surface area contributed by atoms with Gasteiger partial charge >= 0.3 is 5.97 Å². The Morgan fingerprint density at radius 2 is 1.91 bits per heavy atom. The number of carbonyl (C=O) groups excluding carboxylic acids is 3. The van der Waals surface area contributed by atoms with Crippen LogP contribution in [0.3, 0.4) is 0 Å². The molecule has 2 saturated heterocycles. The van der Waals surface area contributed by atoms with E-state index in [1.54, 1.807) is 17.1 Å². The lowest BCUT2D eigenvalue weighted by atomic mass is 9.78. The van der Waals surface area contributed by atoms with Crippen molar-refractivity contribution in [3.05, 3.63) is 24.3 Å². The van der Waals surface area contributed by atoms with Crippen LogP contribution in [0.5, 0.6) is 0 Å². The Labute approximate surface area is 189 Å². The minimum atomic E-state index is -1.28. The molecule has 8 heteroatoms. The van der Waals surface area contributed by atoms with Crippen LogP contribution in [-0.4, -0.2) is 81.8 Å². The molecule has 0 saturated carbocycles. The summed E-state index contributed by atoms with van der Waals surface area (Å²) in [5.74, 6) is -2.55. The number of hydrogen-bond acceptors (Lipinski definition) is 6. The van der Waals surface area contributed by atoms with E-state index in [0.717, 1.165) is 0 Å². The summed E-state index contributed by atoms with van der Waals surface area (Å²) < 4.78 is 11.8. The van der Waals surface area contributed by atoms with Gasteiger partial charge in [-0.15, -0.1) is 0 Å². The number of amides is 2. The first-order chi connectivity index (χ1) is 15.0. The van der Waals surface area contributed by atoms with E-state index in [9.17, 15) is 19.5 Å². The first-order valence-corrected chi connectivity index (χ1v) is 11.5. The van der Waals surface area contributed by atoms with E-state index in [2.05, 4.69) is 0 Å². The van der Waals surface area contributed by atoms with Crippen LogP contribution >= 0.6 is 0 Å². The fourth-order valence-corrected chi connectivity index (χ4v) is 5.73. The normalized spacial score (nSPS) is 35.4. The quantitative estimate of drug-likeness (QED) is 0.516. The monoisotopic (exact) mass is 446 g/mol. The highest BCUT2D eigenvalue weighted by Gasteiger charge is 2.72. The molecule has 8 nitrogen and oxygen atoms in total. The second kappa shape index (κ2) is 7.99. The van der Waals surface area contributed by atoms with Gasteiger partial charge in [-0.3, -0.25) is 14.4 Å². The van der Waals surface area contributed by atoms with Crippen molar-refractivity contribution in [2.75, 3.05) is 19.8 Å². The minimum absolute atomic E-state index is 0.134. The number of esters is 1. The molecule has 1 N–H and O–H groups in total. The summed E-state index contributed by atoms with van der Waals surface area (Å²) in [6.07, 6.45) is 7.05. The number of fused-ring (bicyclic) bond motifs is 2. The average Bonchev–Trinajstić information content (AvgIpc) is 3.00. The fourth-order valence-electron chi connectivity index (χ4n) is 5.73. The first-order valence-electron chi connectivity index (χ1n) is 11.5. The maximum atomic E-state index is 14.0. The second-order valence-corrected chi connectivity index (χ2v) is 10.6. The molecule has 1 unspecified atom stereocenters. The van der Waals surface area contributed by atoms with Crippen molar-refractivity contribution in [3.8, 4) is 0 Å². The van der Waals surface area contributed by atoms with Crippen LogP contribution < -0.4 is 0 Å². The van der Waals surface area contributed by atoms with Gasteiger partial charge in [-0.05, 0) is 39.2 Å². The molecule has 0 bridgehead atoms. The highest BCUT2D eigenvalue weighted by Crippen LogP contribution is 2.54. The summed E-state index contributed by atoms with van der Waals surface area (Å²) in [5, 5.41) is 10.2. The molecule has 1 spiro atoms. The number of aliphatic hydroxyl groups is 1. The summed E-state index contributed by atoms with van der Waals surface area (Å²) in [4.78, 5) is 44.1. The maximum Gasteiger partial charge on any atom is 0.313 e.